The molecule has 0 spiro atoms. The quantitative estimate of drug-likeness (QED) is 0.423. The van der Waals surface area contributed by atoms with Crippen molar-refractivity contribution >= 4 is 11.6 Å². The largest absolute Gasteiger partial charge is 0.371 e. The second-order valence-electron chi connectivity index (χ2n) is 11.6. The standard InChI is InChI=1S/C33H45N5O/c1-21-16-22(2)36-24(4)31(21)19-35-33(39)30-17-27(26-10-8-25(9-11-26)20-37(5)6)18-32(23(30)3)38(7)29-14-12-28(34)13-15-29/h8-11,16-18,28-29,36H,4,12-15,19-20,34H2,1-3,5-7H3,(H,35,39). The van der Waals surface area contributed by atoms with Gasteiger partial charge in [-0.05, 0) is 112 Å². The Morgan fingerprint density at radius 2 is 1.69 bits per heavy atom. The highest BCUT2D eigenvalue weighted by atomic mass is 16.1. The molecule has 6 heteroatoms. The molecule has 208 valence electrons. The van der Waals surface area contributed by atoms with Crippen molar-refractivity contribution in [1.29, 1.82) is 0 Å². The van der Waals surface area contributed by atoms with E-state index < -0.39 is 0 Å². The lowest BCUT2D eigenvalue weighted by Gasteiger charge is -2.36. The average molecular weight is 528 g/mol. The third-order valence-corrected chi connectivity index (χ3v) is 8.13. The first-order valence-electron chi connectivity index (χ1n) is 14.0. The van der Waals surface area contributed by atoms with Gasteiger partial charge in [-0.25, -0.2) is 0 Å². The van der Waals surface area contributed by atoms with Gasteiger partial charge in [0.25, 0.3) is 5.91 Å². The minimum Gasteiger partial charge on any atom is -0.371 e. The maximum Gasteiger partial charge on any atom is 0.251 e. The molecule has 1 aliphatic carbocycles. The van der Waals surface area contributed by atoms with E-state index in [2.05, 4.69) is 98.4 Å². The van der Waals surface area contributed by atoms with Crippen molar-refractivity contribution in [3.63, 3.8) is 0 Å². The van der Waals surface area contributed by atoms with E-state index >= 15 is 0 Å². The van der Waals surface area contributed by atoms with E-state index in [-0.39, 0.29) is 5.91 Å². The minimum atomic E-state index is -0.0710. The summed E-state index contributed by atoms with van der Waals surface area (Å²) >= 11 is 0. The number of hydrogen-bond acceptors (Lipinski definition) is 5. The van der Waals surface area contributed by atoms with Gasteiger partial charge in [-0.3, -0.25) is 4.79 Å². The predicted molar refractivity (Wildman–Crippen MR) is 164 cm³/mol. The lowest BCUT2D eigenvalue weighted by Crippen LogP contribution is -2.39. The van der Waals surface area contributed by atoms with E-state index in [1.807, 2.05) is 13.0 Å². The number of hydrogen-bond donors (Lipinski definition) is 3. The third kappa shape index (κ3) is 6.81. The van der Waals surface area contributed by atoms with Crippen LogP contribution in [0.2, 0.25) is 0 Å². The van der Waals surface area contributed by atoms with Gasteiger partial charge < -0.3 is 26.2 Å². The molecule has 1 aliphatic heterocycles. The van der Waals surface area contributed by atoms with Crippen LogP contribution in [0, 0.1) is 6.92 Å². The number of nitrogens with two attached hydrogens (primary N) is 1. The van der Waals surface area contributed by atoms with Crippen molar-refractivity contribution in [3.05, 3.63) is 88.3 Å². The normalized spacial score (nSPS) is 19.6. The molecular formula is C33H45N5O. The Balaban J connectivity index is 1.67. The fourth-order valence-corrected chi connectivity index (χ4v) is 5.83. The van der Waals surface area contributed by atoms with Gasteiger partial charge in [-0.1, -0.05) is 30.8 Å². The van der Waals surface area contributed by atoms with E-state index in [1.165, 1.54) is 5.56 Å². The van der Waals surface area contributed by atoms with Crippen LogP contribution in [0.3, 0.4) is 0 Å². The molecule has 1 amide bonds. The van der Waals surface area contributed by atoms with Crippen LogP contribution < -0.4 is 21.3 Å². The zero-order valence-electron chi connectivity index (χ0n) is 24.5. The smallest absolute Gasteiger partial charge is 0.251 e. The molecular weight excluding hydrogens is 482 g/mol. The van der Waals surface area contributed by atoms with Crippen molar-refractivity contribution in [2.24, 2.45) is 5.73 Å². The zero-order valence-corrected chi connectivity index (χ0v) is 24.5. The summed E-state index contributed by atoms with van der Waals surface area (Å²) in [6.45, 7) is 11.6. The van der Waals surface area contributed by atoms with Gasteiger partial charge in [0, 0.05) is 54.9 Å². The Hall–Kier alpha value is -3.35. The number of carbonyl (C=O) groups excluding carboxylic acids is 1. The molecule has 0 aromatic heterocycles. The van der Waals surface area contributed by atoms with Crippen molar-refractivity contribution in [2.75, 3.05) is 32.6 Å². The summed E-state index contributed by atoms with van der Waals surface area (Å²) in [7, 11) is 6.31. The molecule has 2 aromatic rings. The highest BCUT2D eigenvalue weighted by Gasteiger charge is 2.25. The fourth-order valence-electron chi connectivity index (χ4n) is 5.83. The summed E-state index contributed by atoms with van der Waals surface area (Å²) < 4.78 is 0. The maximum absolute atomic E-state index is 13.7. The van der Waals surface area contributed by atoms with Crippen LogP contribution in [0.5, 0.6) is 0 Å². The number of nitrogens with one attached hydrogen (secondary N) is 2. The summed E-state index contributed by atoms with van der Waals surface area (Å²) in [6, 6.07) is 13.7. The van der Waals surface area contributed by atoms with Gasteiger partial charge in [-0.2, -0.15) is 0 Å². The van der Waals surface area contributed by atoms with E-state index in [1.54, 1.807) is 0 Å². The number of anilines is 1. The molecule has 4 rings (SSSR count). The highest BCUT2D eigenvalue weighted by molar-refractivity contribution is 5.99. The Bertz CT molecular complexity index is 1280. The van der Waals surface area contributed by atoms with Crippen LogP contribution in [-0.4, -0.2) is 50.6 Å². The van der Waals surface area contributed by atoms with Crippen molar-refractivity contribution in [2.45, 2.75) is 65.1 Å². The summed E-state index contributed by atoms with van der Waals surface area (Å²) in [4.78, 5) is 18.2. The molecule has 2 aromatic carbocycles. The van der Waals surface area contributed by atoms with Gasteiger partial charge in [0.1, 0.15) is 0 Å². The number of allylic oxidation sites excluding steroid dienone is 3. The lowest BCUT2D eigenvalue weighted by molar-refractivity contribution is 0.0956. The van der Waals surface area contributed by atoms with Crippen LogP contribution >= 0.6 is 0 Å². The van der Waals surface area contributed by atoms with E-state index in [4.69, 9.17) is 5.73 Å². The molecule has 6 nitrogen and oxygen atoms in total. The first-order valence-corrected chi connectivity index (χ1v) is 14.0. The Labute approximate surface area is 234 Å². The molecule has 1 fully saturated rings. The molecule has 0 radical (unpaired) electrons. The molecule has 1 heterocycles. The molecule has 39 heavy (non-hydrogen) atoms. The SMILES string of the molecule is C=C1NC(C)=CC(C)=C1CNC(=O)c1cc(-c2ccc(CN(C)C)cc2)cc(N(C)C2CCC(N)CC2)c1C. The Morgan fingerprint density at radius 3 is 2.31 bits per heavy atom. The number of rotatable bonds is 8. The Morgan fingerprint density at radius 1 is 1.03 bits per heavy atom. The fraction of sp³-hybridized carbons (Fsp3) is 0.424. The number of carbonyl (C=O) groups is 1. The summed E-state index contributed by atoms with van der Waals surface area (Å²) in [5.74, 6) is -0.0710. The lowest BCUT2D eigenvalue weighted by atomic mass is 9.89. The van der Waals surface area contributed by atoms with Gasteiger partial charge in [0.2, 0.25) is 0 Å². The van der Waals surface area contributed by atoms with Gasteiger partial charge in [0.15, 0.2) is 0 Å². The first kappa shape index (κ1) is 28.7. The first-order chi connectivity index (χ1) is 18.5. The number of amides is 1. The van der Waals surface area contributed by atoms with Crippen LogP contribution in [-0.2, 0) is 6.54 Å². The molecule has 0 atom stereocenters. The molecule has 0 bridgehead atoms. The maximum atomic E-state index is 13.7. The van der Waals surface area contributed by atoms with E-state index in [0.29, 0.717) is 24.2 Å². The number of dihydropyridines is 1. The van der Waals surface area contributed by atoms with Crippen LogP contribution in [0.15, 0.2) is 71.6 Å². The topological polar surface area (TPSA) is 73.6 Å². The van der Waals surface area contributed by atoms with Gasteiger partial charge in [0.05, 0.1) is 0 Å². The monoisotopic (exact) mass is 527 g/mol. The second-order valence-corrected chi connectivity index (χ2v) is 11.6. The number of nitrogens with zero attached hydrogens (tertiary/aromatic N) is 2. The Kier molecular flexibility index (Phi) is 8.98. The second kappa shape index (κ2) is 12.2. The van der Waals surface area contributed by atoms with E-state index in [9.17, 15) is 4.79 Å². The summed E-state index contributed by atoms with van der Waals surface area (Å²) in [5.41, 5.74) is 16.5. The van der Waals surface area contributed by atoms with Crippen molar-refractivity contribution < 1.29 is 4.79 Å². The van der Waals surface area contributed by atoms with Crippen molar-refractivity contribution in [1.82, 2.24) is 15.5 Å². The molecule has 0 saturated heterocycles. The van der Waals surface area contributed by atoms with Crippen molar-refractivity contribution in [3.8, 4) is 11.1 Å². The van der Waals surface area contributed by atoms with Gasteiger partial charge in [-0.15, -0.1) is 0 Å². The summed E-state index contributed by atoms with van der Waals surface area (Å²) in [5, 5.41) is 6.46. The van der Waals surface area contributed by atoms with Gasteiger partial charge >= 0.3 is 0 Å². The average Bonchev–Trinajstić information content (AvgIpc) is 2.88. The highest BCUT2D eigenvalue weighted by Crippen LogP contribution is 2.34. The molecule has 2 aliphatic rings. The predicted octanol–water partition coefficient (Wildman–Crippen LogP) is 5.50. The zero-order chi connectivity index (χ0) is 28.3. The minimum absolute atomic E-state index is 0.0710. The molecule has 0 unspecified atom stereocenters. The van der Waals surface area contributed by atoms with Crippen LogP contribution in [0.1, 0.15) is 61.0 Å². The number of benzene rings is 2. The van der Waals surface area contributed by atoms with Crippen LogP contribution in [0.25, 0.3) is 11.1 Å². The third-order valence-electron chi connectivity index (χ3n) is 8.13. The summed E-state index contributed by atoms with van der Waals surface area (Å²) in [6.07, 6.45) is 6.30. The van der Waals surface area contributed by atoms with E-state index in [0.717, 1.165) is 77.1 Å². The van der Waals surface area contributed by atoms with Crippen LogP contribution in [0.4, 0.5) is 5.69 Å². The molecule has 4 N–H and O–H groups in total. The molecule has 1 saturated carbocycles.